The van der Waals surface area contributed by atoms with Crippen molar-refractivity contribution in [3.8, 4) is 0 Å². The van der Waals surface area contributed by atoms with Crippen LogP contribution in [0.25, 0.3) is 10.9 Å². The fraction of sp³-hybridized carbons (Fsp3) is 0.0769. The molecule has 5 heteroatoms. The van der Waals surface area contributed by atoms with Crippen LogP contribution >= 0.6 is 11.8 Å². The quantitative estimate of drug-likeness (QED) is 0.680. The van der Waals surface area contributed by atoms with Gasteiger partial charge in [0.05, 0.1) is 16.7 Å². The Balaban J connectivity index is 2.55. The Morgan fingerprint density at radius 3 is 3.00 bits per heavy atom. The van der Waals surface area contributed by atoms with E-state index in [9.17, 15) is 0 Å². The van der Waals surface area contributed by atoms with Crippen molar-refractivity contribution < 1.29 is 0 Å². The molecule has 1 aromatic heterocycles. The minimum absolute atomic E-state index is 0.651. The highest BCUT2D eigenvalue weighted by atomic mass is 32.2. The lowest BCUT2D eigenvalue weighted by molar-refractivity contribution is 0.966. The first kappa shape index (κ1) is 12.4. The summed E-state index contributed by atoms with van der Waals surface area (Å²) in [5.41, 5.74) is 6.45. The number of thioether (sulfide) groups is 1. The highest BCUT2D eigenvalue weighted by Crippen LogP contribution is 2.15. The molecule has 2 aromatic rings. The molecule has 0 saturated carbocycles. The van der Waals surface area contributed by atoms with E-state index in [1.165, 1.54) is 18.0 Å². The second-order valence-corrected chi connectivity index (χ2v) is 4.42. The number of nitrogens with two attached hydrogens (primary N) is 1. The van der Waals surface area contributed by atoms with E-state index in [-0.39, 0.29) is 0 Å². The zero-order chi connectivity index (χ0) is 13.0. The lowest BCUT2D eigenvalue weighted by Gasteiger charge is -2.04. The van der Waals surface area contributed by atoms with Gasteiger partial charge < -0.3 is 5.73 Å². The van der Waals surface area contributed by atoms with E-state index in [1.807, 2.05) is 30.5 Å². The van der Waals surface area contributed by atoms with Gasteiger partial charge in [-0.05, 0) is 24.6 Å². The van der Waals surface area contributed by atoms with Gasteiger partial charge >= 0.3 is 0 Å². The second-order valence-electron chi connectivity index (χ2n) is 3.54. The third-order valence-electron chi connectivity index (χ3n) is 2.41. The molecular weight excluding hydrogens is 244 g/mol. The molecule has 0 radical (unpaired) electrons. The Morgan fingerprint density at radius 2 is 2.28 bits per heavy atom. The number of hydrogen-bond acceptors (Lipinski definition) is 4. The van der Waals surface area contributed by atoms with Crippen LogP contribution in [-0.4, -0.2) is 21.9 Å². The van der Waals surface area contributed by atoms with Gasteiger partial charge in [0, 0.05) is 5.39 Å². The maximum Gasteiger partial charge on any atom is 0.156 e. The van der Waals surface area contributed by atoms with E-state index in [1.54, 1.807) is 17.0 Å². The van der Waals surface area contributed by atoms with Crippen molar-refractivity contribution in [1.82, 2.24) is 9.78 Å². The molecule has 0 atom stereocenters. The fourth-order valence-corrected chi connectivity index (χ4v) is 1.75. The van der Waals surface area contributed by atoms with E-state index in [0.29, 0.717) is 10.9 Å². The number of hydrogen-bond donors (Lipinski definition) is 1. The van der Waals surface area contributed by atoms with Gasteiger partial charge in [0.1, 0.15) is 0 Å². The van der Waals surface area contributed by atoms with E-state index in [4.69, 9.17) is 5.73 Å². The first-order chi connectivity index (χ1) is 8.76. The summed E-state index contributed by atoms with van der Waals surface area (Å²) in [5, 5.41) is 6.10. The third kappa shape index (κ3) is 2.46. The Labute approximate surface area is 110 Å². The molecule has 2 rings (SSSR count). The molecule has 0 bridgehead atoms. The summed E-state index contributed by atoms with van der Waals surface area (Å²) in [7, 11) is 0. The molecule has 2 N–H and O–H groups in total. The van der Waals surface area contributed by atoms with Crippen molar-refractivity contribution in [1.29, 1.82) is 0 Å². The van der Waals surface area contributed by atoms with Crippen LogP contribution in [-0.2, 0) is 0 Å². The number of rotatable bonds is 3. The molecule has 0 saturated heterocycles. The molecule has 0 aliphatic heterocycles. The van der Waals surface area contributed by atoms with Crippen LogP contribution in [0.4, 0.5) is 0 Å². The standard InChI is InChI=1S/C13H14N4S/c1-10(18-2)16-13(7-8-14)17-12-6-4-3-5-11(12)9-15-17/h3-9H,1,14H2,2H3/b8-7-,16-13+. The van der Waals surface area contributed by atoms with Crippen LogP contribution < -0.4 is 5.73 Å². The van der Waals surface area contributed by atoms with E-state index in [2.05, 4.69) is 16.7 Å². The van der Waals surface area contributed by atoms with Crippen molar-refractivity contribution in [3.05, 3.63) is 54.3 Å². The van der Waals surface area contributed by atoms with Gasteiger partial charge in [-0.2, -0.15) is 5.10 Å². The summed E-state index contributed by atoms with van der Waals surface area (Å²) < 4.78 is 1.75. The van der Waals surface area contributed by atoms with E-state index < -0.39 is 0 Å². The smallest absolute Gasteiger partial charge is 0.156 e. The summed E-state index contributed by atoms with van der Waals surface area (Å²) in [6.07, 6.45) is 6.89. The monoisotopic (exact) mass is 258 g/mol. The van der Waals surface area contributed by atoms with Crippen molar-refractivity contribution in [2.75, 3.05) is 6.26 Å². The Bertz CT molecular complexity index is 625. The number of benzene rings is 1. The Hall–Kier alpha value is -2.01. The third-order valence-corrected chi connectivity index (χ3v) is 2.98. The predicted octanol–water partition coefficient (Wildman–Crippen LogP) is 2.59. The molecule has 1 aromatic carbocycles. The minimum Gasteiger partial charge on any atom is -0.404 e. The van der Waals surface area contributed by atoms with Gasteiger partial charge in [0.15, 0.2) is 5.84 Å². The summed E-state index contributed by atoms with van der Waals surface area (Å²) in [6, 6.07) is 7.94. The van der Waals surface area contributed by atoms with E-state index in [0.717, 1.165) is 10.9 Å². The molecule has 0 spiro atoms. The summed E-state index contributed by atoms with van der Waals surface area (Å²) in [4.78, 5) is 4.40. The number of aliphatic imine (C=N–C) groups is 1. The molecule has 92 valence electrons. The molecule has 0 unspecified atom stereocenters. The van der Waals surface area contributed by atoms with Gasteiger partial charge in [-0.3, -0.25) is 0 Å². The van der Waals surface area contributed by atoms with Crippen LogP contribution in [0, 0.1) is 0 Å². The highest BCUT2D eigenvalue weighted by molar-refractivity contribution is 8.02. The zero-order valence-corrected chi connectivity index (χ0v) is 10.9. The first-order valence-corrected chi connectivity index (χ1v) is 6.61. The minimum atomic E-state index is 0.651. The number of nitrogens with zero attached hydrogens (tertiary/aromatic N) is 3. The SMILES string of the molecule is C=C(/N=C(\C=C/N)n1ncc2ccccc21)SC. The van der Waals surface area contributed by atoms with Crippen LogP contribution in [0.15, 0.2) is 59.3 Å². The van der Waals surface area contributed by atoms with Crippen molar-refractivity contribution in [2.24, 2.45) is 10.7 Å². The van der Waals surface area contributed by atoms with Crippen molar-refractivity contribution >= 4 is 28.5 Å². The Kier molecular flexibility index (Phi) is 3.84. The average molecular weight is 258 g/mol. The van der Waals surface area contributed by atoms with E-state index >= 15 is 0 Å². The van der Waals surface area contributed by atoms with Gasteiger partial charge in [-0.15, -0.1) is 11.8 Å². The van der Waals surface area contributed by atoms with Crippen LogP contribution in [0.1, 0.15) is 0 Å². The summed E-state index contributed by atoms with van der Waals surface area (Å²) >= 11 is 1.48. The average Bonchev–Trinajstić information content (AvgIpc) is 2.82. The fourth-order valence-electron chi connectivity index (χ4n) is 1.57. The molecule has 0 aliphatic carbocycles. The first-order valence-electron chi connectivity index (χ1n) is 5.39. The topological polar surface area (TPSA) is 56.2 Å². The Morgan fingerprint density at radius 1 is 1.50 bits per heavy atom. The van der Waals surface area contributed by atoms with Crippen molar-refractivity contribution in [2.45, 2.75) is 0 Å². The summed E-state index contributed by atoms with van der Waals surface area (Å²) in [5.74, 6) is 0.651. The van der Waals surface area contributed by atoms with Gasteiger partial charge in [0.2, 0.25) is 0 Å². The number of fused-ring (bicyclic) bond motifs is 1. The highest BCUT2D eigenvalue weighted by Gasteiger charge is 2.06. The van der Waals surface area contributed by atoms with Gasteiger partial charge in [-0.25, -0.2) is 9.67 Å². The molecule has 1 heterocycles. The molecule has 18 heavy (non-hydrogen) atoms. The van der Waals surface area contributed by atoms with Crippen LogP contribution in [0.3, 0.4) is 0 Å². The lowest BCUT2D eigenvalue weighted by atomic mass is 10.2. The molecular formula is C13H14N4S. The summed E-state index contributed by atoms with van der Waals surface area (Å²) in [6.45, 7) is 3.84. The number of para-hydroxylation sites is 1. The predicted molar refractivity (Wildman–Crippen MR) is 78.5 cm³/mol. The molecule has 0 fully saturated rings. The number of allylic oxidation sites excluding steroid dienone is 1. The normalized spacial score (nSPS) is 12.4. The van der Waals surface area contributed by atoms with Gasteiger partial charge in [-0.1, -0.05) is 24.8 Å². The largest absolute Gasteiger partial charge is 0.404 e. The number of aromatic nitrogens is 2. The maximum atomic E-state index is 5.46. The lowest BCUT2D eigenvalue weighted by Crippen LogP contribution is -2.11. The second kappa shape index (κ2) is 5.55. The molecule has 0 amide bonds. The van der Waals surface area contributed by atoms with Crippen LogP contribution in [0.2, 0.25) is 0 Å². The maximum absolute atomic E-state index is 5.46. The molecule has 4 nitrogen and oxygen atoms in total. The zero-order valence-electron chi connectivity index (χ0n) is 10.1. The van der Waals surface area contributed by atoms with Crippen molar-refractivity contribution in [3.63, 3.8) is 0 Å². The molecule has 0 aliphatic rings. The van der Waals surface area contributed by atoms with Crippen LogP contribution in [0.5, 0.6) is 0 Å². The van der Waals surface area contributed by atoms with Gasteiger partial charge in [0.25, 0.3) is 0 Å².